The van der Waals surface area contributed by atoms with Gasteiger partial charge in [0.15, 0.2) is 22.3 Å². The smallest absolute Gasteiger partial charge is 0.357 e. The van der Waals surface area contributed by atoms with Crippen LogP contribution in [0.4, 0.5) is 10.8 Å². The van der Waals surface area contributed by atoms with Crippen molar-refractivity contribution in [2.45, 2.75) is 66.0 Å². The van der Waals surface area contributed by atoms with E-state index in [-0.39, 0.29) is 39.7 Å². The minimum Gasteiger partial charge on any atom is -0.493 e. The minimum atomic E-state index is -0.837. The molecule has 0 saturated carbocycles. The molecule has 0 unspecified atom stereocenters. The Morgan fingerprint density at radius 3 is 2.29 bits per heavy atom. The molecule has 0 spiro atoms. The normalized spacial score (nSPS) is 14.3. The van der Waals surface area contributed by atoms with E-state index >= 15 is 0 Å². The van der Waals surface area contributed by atoms with E-state index < -0.39 is 24.0 Å². The first-order valence-electron chi connectivity index (χ1n) is 15.8. The standard InChI is InChI=1S/C35H44N4O8S/c1-17(2)14-27-30(34(43)47-9)38-35(48-27)39-33(42)29(18(3)4)37-24-13-11-21-22(16-25(24)41)23(36-19(5)40)12-10-20-15-26(44-6)31(45-7)32(46-8)28(20)21/h11,13,15-18,23,29H,10,12,14H2,1-9H3,(H,36,40)(H,37,41)(H,38,39,42)/t23-,29-/m0/s1. The number of hydrogen-bond acceptors (Lipinski definition) is 11. The van der Waals surface area contributed by atoms with Gasteiger partial charge >= 0.3 is 5.97 Å². The summed E-state index contributed by atoms with van der Waals surface area (Å²) >= 11 is 1.22. The zero-order chi connectivity index (χ0) is 35.3. The fourth-order valence-electron chi connectivity index (χ4n) is 5.88. The molecule has 0 saturated heterocycles. The van der Waals surface area contributed by atoms with Crippen molar-refractivity contribution in [2.75, 3.05) is 39.1 Å². The number of carbonyl (C=O) groups is 3. The summed E-state index contributed by atoms with van der Waals surface area (Å²) in [5.74, 6) is 0.137. The number of ether oxygens (including phenoxy) is 4. The third-order valence-electron chi connectivity index (χ3n) is 8.08. The lowest BCUT2D eigenvalue weighted by Gasteiger charge is -2.21. The maximum Gasteiger partial charge on any atom is 0.357 e. The van der Waals surface area contributed by atoms with Crippen molar-refractivity contribution in [3.63, 3.8) is 0 Å². The van der Waals surface area contributed by atoms with E-state index in [1.165, 1.54) is 45.7 Å². The summed E-state index contributed by atoms with van der Waals surface area (Å²) in [6.45, 7) is 9.21. The Morgan fingerprint density at radius 1 is 1.00 bits per heavy atom. The highest BCUT2D eigenvalue weighted by Gasteiger charge is 2.31. The van der Waals surface area contributed by atoms with Gasteiger partial charge in [-0.25, -0.2) is 9.78 Å². The molecule has 0 radical (unpaired) electrons. The summed E-state index contributed by atoms with van der Waals surface area (Å²) < 4.78 is 22.0. The first-order chi connectivity index (χ1) is 22.8. The summed E-state index contributed by atoms with van der Waals surface area (Å²) in [5, 5.41) is 9.26. The van der Waals surface area contributed by atoms with Crippen molar-refractivity contribution in [1.29, 1.82) is 0 Å². The molecule has 3 N–H and O–H groups in total. The maximum atomic E-state index is 13.9. The molecule has 12 nitrogen and oxygen atoms in total. The van der Waals surface area contributed by atoms with Crippen LogP contribution in [0.1, 0.15) is 73.6 Å². The summed E-state index contributed by atoms with van der Waals surface area (Å²) in [6, 6.07) is 5.51. The average Bonchev–Trinajstić information content (AvgIpc) is 3.27. The number of nitrogens with zero attached hydrogens (tertiary/aromatic N) is 1. The zero-order valence-electron chi connectivity index (χ0n) is 28.9. The summed E-state index contributed by atoms with van der Waals surface area (Å²) in [6.07, 6.45) is 1.68. The average molecular weight is 681 g/mol. The van der Waals surface area contributed by atoms with E-state index in [1.54, 1.807) is 19.2 Å². The summed E-state index contributed by atoms with van der Waals surface area (Å²) in [7, 11) is 5.90. The molecule has 2 atom stereocenters. The number of aromatic nitrogens is 1. The van der Waals surface area contributed by atoms with Crippen molar-refractivity contribution in [3.8, 4) is 28.4 Å². The van der Waals surface area contributed by atoms with Gasteiger partial charge in [-0.1, -0.05) is 33.8 Å². The number of esters is 1. The number of carbonyl (C=O) groups excluding carboxylic acids is 3. The molecular weight excluding hydrogens is 636 g/mol. The van der Waals surface area contributed by atoms with Gasteiger partial charge in [0.1, 0.15) is 6.04 Å². The molecule has 0 bridgehead atoms. The van der Waals surface area contributed by atoms with Crippen LogP contribution in [-0.4, -0.2) is 57.2 Å². The maximum absolute atomic E-state index is 13.9. The van der Waals surface area contributed by atoms with Crippen LogP contribution in [0.15, 0.2) is 29.1 Å². The van der Waals surface area contributed by atoms with Gasteiger partial charge in [-0.2, -0.15) is 0 Å². The molecule has 2 aromatic carbocycles. The van der Waals surface area contributed by atoms with Crippen molar-refractivity contribution < 1.29 is 33.3 Å². The van der Waals surface area contributed by atoms with E-state index in [0.29, 0.717) is 47.6 Å². The van der Waals surface area contributed by atoms with Crippen LogP contribution < -0.4 is 35.6 Å². The molecule has 2 amide bonds. The van der Waals surface area contributed by atoms with Crippen LogP contribution in [-0.2, 0) is 27.2 Å². The molecule has 0 fully saturated rings. The Hall–Kier alpha value is -4.65. The Morgan fingerprint density at radius 2 is 1.71 bits per heavy atom. The highest BCUT2D eigenvalue weighted by atomic mass is 32.1. The van der Waals surface area contributed by atoms with Crippen molar-refractivity contribution >= 4 is 39.9 Å². The number of benzene rings is 1. The van der Waals surface area contributed by atoms with E-state index in [2.05, 4.69) is 20.9 Å². The lowest BCUT2D eigenvalue weighted by molar-refractivity contribution is -0.120. The number of nitrogens with one attached hydrogen (secondary N) is 3. The number of fused-ring (bicyclic) bond motifs is 3. The largest absolute Gasteiger partial charge is 0.493 e. The second-order valence-corrected chi connectivity index (χ2v) is 13.4. The topological polar surface area (TPSA) is 154 Å². The fraction of sp³-hybridized carbons (Fsp3) is 0.457. The van der Waals surface area contributed by atoms with Crippen molar-refractivity contribution in [1.82, 2.24) is 10.3 Å². The molecule has 3 aromatic rings. The molecular formula is C35H44N4O8S. The van der Waals surface area contributed by atoms with E-state index in [1.807, 2.05) is 33.8 Å². The fourth-order valence-corrected chi connectivity index (χ4v) is 7.05. The third-order valence-corrected chi connectivity index (χ3v) is 9.07. The Bertz CT molecular complexity index is 1750. The molecule has 1 aliphatic carbocycles. The molecule has 0 aliphatic heterocycles. The summed E-state index contributed by atoms with van der Waals surface area (Å²) in [4.78, 5) is 57.3. The molecule has 1 heterocycles. The highest BCUT2D eigenvalue weighted by Crippen LogP contribution is 2.50. The van der Waals surface area contributed by atoms with Crippen LogP contribution in [0, 0.1) is 11.8 Å². The predicted octanol–water partition coefficient (Wildman–Crippen LogP) is 5.38. The van der Waals surface area contributed by atoms with E-state index in [0.717, 1.165) is 16.0 Å². The van der Waals surface area contributed by atoms with Gasteiger partial charge in [0.25, 0.3) is 0 Å². The third kappa shape index (κ3) is 7.73. The number of aryl methyl sites for hydroxylation is 1. The van der Waals surface area contributed by atoms with Gasteiger partial charge in [-0.3, -0.25) is 14.4 Å². The van der Waals surface area contributed by atoms with Crippen LogP contribution >= 0.6 is 11.3 Å². The number of methoxy groups -OCH3 is 4. The molecule has 13 heteroatoms. The van der Waals surface area contributed by atoms with Crippen LogP contribution in [0.3, 0.4) is 0 Å². The number of hydrogen-bond donors (Lipinski definition) is 3. The Balaban J connectivity index is 1.79. The first-order valence-corrected chi connectivity index (χ1v) is 16.6. The lowest BCUT2D eigenvalue weighted by Crippen LogP contribution is -2.39. The number of thiazole rings is 1. The van der Waals surface area contributed by atoms with Crippen LogP contribution in [0.5, 0.6) is 17.2 Å². The number of amides is 2. The SMILES string of the molecule is COC(=O)c1nc(NC(=O)[C@@H](Nc2ccc3c(cc2=O)[C@@H](NC(C)=O)CCc2cc(OC)c(OC)c(OC)c2-3)C(C)C)sc1CC(C)C. The molecule has 48 heavy (non-hydrogen) atoms. The van der Waals surface area contributed by atoms with E-state index in [9.17, 15) is 19.2 Å². The number of rotatable bonds is 12. The predicted molar refractivity (Wildman–Crippen MR) is 186 cm³/mol. The quantitative estimate of drug-likeness (QED) is 0.213. The van der Waals surface area contributed by atoms with Gasteiger partial charge in [-0.05, 0) is 66.0 Å². The Kier molecular flexibility index (Phi) is 11.7. The van der Waals surface area contributed by atoms with Crippen molar-refractivity contribution in [2.24, 2.45) is 11.8 Å². The lowest BCUT2D eigenvalue weighted by atomic mass is 9.95. The van der Waals surface area contributed by atoms with Crippen LogP contribution in [0.2, 0.25) is 0 Å². The number of anilines is 2. The second kappa shape index (κ2) is 15.5. The van der Waals surface area contributed by atoms with Crippen LogP contribution in [0.25, 0.3) is 11.1 Å². The second-order valence-electron chi connectivity index (χ2n) is 12.3. The van der Waals surface area contributed by atoms with Crippen molar-refractivity contribution in [3.05, 3.63) is 56.2 Å². The molecule has 1 aliphatic rings. The Labute approximate surface area is 284 Å². The zero-order valence-corrected chi connectivity index (χ0v) is 29.7. The summed E-state index contributed by atoms with van der Waals surface area (Å²) in [5.41, 5.74) is 2.90. The van der Waals surface area contributed by atoms with E-state index in [4.69, 9.17) is 18.9 Å². The van der Waals surface area contributed by atoms with Gasteiger partial charge in [0, 0.05) is 17.4 Å². The van der Waals surface area contributed by atoms with Gasteiger partial charge in [-0.15, -0.1) is 11.3 Å². The molecule has 258 valence electrons. The molecule has 4 rings (SSSR count). The minimum absolute atomic E-state index is 0.178. The van der Waals surface area contributed by atoms with Gasteiger partial charge < -0.3 is 34.9 Å². The molecule has 1 aromatic heterocycles. The van der Waals surface area contributed by atoms with Gasteiger partial charge in [0.2, 0.25) is 23.0 Å². The van der Waals surface area contributed by atoms with Gasteiger partial charge in [0.05, 0.1) is 40.2 Å². The monoisotopic (exact) mass is 680 g/mol. The highest BCUT2D eigenvalue weighted by molar-refractivity contribution is 7.16. The first kappa shape index (κ1) is 36.2.